The summed E-state index contributed by atoms with van der Waals surface area (Å²) in [4.78, 5) is 49.8. The number of carbonyl (C=O) groups is 3. The van der Waals surface area contributed by atoms with Gasteiger partial charge in [-0.15, -0.1) is 11.8 Å². The molecule has 0 bridgehead atoms. The van der Waals surface area contributed by atoms with E-state index in [1.54, 1.807) is 21.6 Å². The molecule has 244 valence electrons. The van der Waals surface area contributed by atoms with Crippen molar-refractivity contribution in [1.29, 1.82) is 0 Å². The summed E-state index contributed by atoms with van der Waals surface area (Å²) < 4.78 is 4.05. The van der Waals surface area contributed by atoms with Crippen LogP contribution in [0.1, 0.15) is 50.7 Å². The minimum absolute atomic E-state index is 0.0963. The van der Waals surface area contributed by atoms with Crippen LogP contribution >= 0.6 is 11.8 Å². The van der Waals surface area contributed by atoms with Crippen molar-refractivity contribution in [2.75, 3.05) is 42.6 Å². The zero-order chi connectivity index (χ0) is 32.6. The molecule has 1 spiro atoms. The molecule has 5 atom stereocenters. The van der Waals surface area contributed by atoms with Crippen LogP contribution in [0.5, 0.6) is 5.75 Å². The zero-order valence-electron chi connectivity index (χ0n) is 27.3. The number of nitrogens with zero attached hydrogens (tertiary/aromatic N) is 3. The molecule has 2 saturated heterocycles. The van der Waals surface area contributed by atoms with Gasteiger partial charge >= 0.3 is 0 Å². The molecular weight excluding hydrogens is 598 g/mol. The minimum Gasteiger partial charge on any atom is -0.494 e. The molecule has 8 nitrogen and oxygen atoms in total. The number of aryl methyl sites for hydroxylation is 2. The van der Waals surface area contributed by atoms with Crippen molar-refractivity contribution in [3.63, 3.8) is 0 Å². The highest BCUT2D eigenvalue weighted by molar-refractivity contribution is 8.02. The number of rotatable bonds is 10. The number of likely N-dealkylation sites (tertiary alicyclic amines) is 1. The summed E-state index contributed by atoms with van der Waals surface area (Å²) in [5.41, 5.74) is 3.66. The topological polar surface area (TPSA) is 90.4 Å². The number of hydrogen-bond donors (Lipinski definition) is 1. The summed E-state index contributed by atoms with van der Waals surface area (Å²) in [6.07, 6.45) is 11.4. The average molecular weight is 644 g/mol. The number of carbonyl (C=O) groups excluding carboxylic acids is 3. The molecule has 2 aromatic carbocycles. The van der Waals surface area contributed by atoms with E-state index in [4.69, 9.17) is 4.74 Å². The molecule has 2 aromatic rings. The number of thioether (sulfide) groups is 1. The normalized spacial score (nSPS) is 28.7. The van der Waals surface area contributed by atoms with Crippen LogP contribution in [0.25, 0.3) is 0 Å². The van der Waals surface area contributed by atoms with Crippen molar-refractivity contribution in [3.05, 3.63) is 77.9 Å². The number of aliphatic hydroxyl groups is 1. The lowest BCUT2D eigenvalue weighted by atomic mass is 9.74. The smallest absolute Gasteiger partial charge is 0.251 e. The van der Waals surface area contributed by atoms with Crippen molar-refractivity contribution < 1.29 is 24.2 Å². The molecule has 4 aliphatic rings. The van der Waals surface area contributed by atoms with Gasteiger partial charge in [-0.05, 0) is 75.9 Å². The van der Waals surface area contributed by atoms with Gasteiger partial charge < -0.3 is 24.5 Å². The Labute approximate surface area is 276 Å². The largest absolute Gasteiger partial charge is 0.494 e. The molecule has 4 aliphatic heterocycles. The Kier molecular flexibility index (Phi) is 9.09. The summed E-state index contributed by atoms with van der Waals surface area (Å²) in [7, 11) is 0. The van der Waals surface area contributed by atoms with Gasteiger partial charge in [-0.25, -0.2) is 0 Å². The van der Waals surface area contributed by atoms with E-state index in [9.17, 15) is 19.5 Å². The van der Waals surface area contributed by atoms with E-state index in [2.05, 4.69) is 19.1 Å². The second-order valence-corrected chi connectivity index (χ2v) is 14.8. The summed E-state index contributed by atoms with van der Waals surface area (Å²) in [5, 5.41) is 9.28. The fourth-order valence-electron chi connectivity index (χ4n) is 8.06. The number of hydrogen-bond acceptors (Lipinski definition) is 6. The highest BCUT2D eigenvalue weighted by atomic mass is 32.2. The Morgan fingerprint density at radius 2 is 1.52 bits per heavy atom. The second-order valence-electron chi connectivity index (χ2n) is 13.0. The second kappa shape index (κ2) is 12.9. The van der Waals surface area contributed by atoms with Crippen LogP contribution < -0.4 is 14.5 Å². The summed E-state index contributed by atoms with van der Waals surface area (Å²) in [6.45, 7) is 9.96. The van der Waals surface area contributed by atoms with Crippen LogP contribution in [0, 0.1) is 25.7 Å². The van der Waals surface area contributed by atoms with Crippen molar-refractivity contribution in [3.8, 4) is 5.75 Å². The van der Waals surface area contributed by atoms with Crippen LogP contribution in [-0.2, 0) is 14.4 Å². The van der Waals surface area contributed by atoms with E-state index < -0.39 is 27.4 Å². The predicted octanol–water partition coefficient (Wildman–Crippen LogP) is 5.45. The lowest BCUT2D eigenvalue weighted by Gasteiger charge is -2.37. The van der Waals surface area contributed by atoms with E-state index in [0.717, 1.165) is 47.5 Å². The number of ether oxygens (including phenoxy) is 1. The quantitative estimate of drug-likeness (QED) is 0.274. The van der Waals surface area contributed by atoms with Gasteiger partial charge in [0.15, 0.2) is 0 Å². The molecule has 2 fully saturated rings. The van der Waals surface area contributed by atoms with E-state index in [-0.39, 0.29) is 24.3 Å². The maximum atomic E-state index is 14.9. The fourth-order valence-corrected chi connectivity index (χ4v) is 10.2. The first-order chi connectivity index (χ1) is 22.2. The predicted molar refractivity (Wildman–Crippen MR) is 183 cm³/mol. The number of fused-ring (bicyclic) bond motifs is 2. The fraction of sp³-hybridized carbons (Fsp3) is 0.486. The Bertz CT molecular complexity index is 1540. The van der Waals surface area contributed by atoms with E-state index in [0.29, 0.717) is 32.7 Å². The molecule has 0 aromatic heterocycles. The molecule has 0 saturated carbocycles. The molecule has 0 aliphatic carbocycles. The van der Waals surface area contributed by atoms with Gasteiger partial charge in [0.25, 0.3) is 5.91 Å². The van der Waals surface area contributed by atoms with Gasteiger partial charge in [0.05, 0.1) is 23.2 Å². The molecule has 4 heterocycles. The first-order valence-corrected chi connectivity index (χ1v) is 17.4. The van der Waals surface area contributed by atoms with Crippen LogP contribution in [0.15, 0.2) is 66.8 Å². The summed E-state index contributed by atoms with van der Waals surface area (Å²) in [5.74, 6) is -0.918. The number of unbranched alkanes of at least 4 members (excludes halogenated alkanes) is 3. The SMILES string of the molecule is CCOc1ccc(N2CC=C[C@@]3(C)S[C@]45C=CCN(c6c(C)cccc6C)C(=O)C4N(CCCCCCO)C(=O)[C@@H]5[C@H]3C2=O)cc1. The molecule has 3 amide bonds. The summed E-state index contributed by atoms with van der Waals surface area (Å²) in [6, 6.07) is 12.8. The van der Waals surface area contributed by atoms with Gasteiger partial charge in [0.1, 0.15) is 11.8 Å². The van der Waals surface area contributed by atoms with E-state index in [1.165, 1.54) is 0 Å². The van der Waals surface area contributed by atoms with Crippen LogP contribution in [-0.4, -0.2) is 76.1 Å². The Balaban J connectivity index is 1.41. The third-order valence-electron chi connectivity index (χ3n) is 10.0. The Morgan fingerprint density at radius 3 is 2.22 bits per heavy atom. The molecule has 6 rings (SSSR count). The van der Waals surface area contributed by atoms with Crippen molar-refractivity contribution in [2.45, 2.75) is 68.9 Å². The Hall–Kier alpha value is -3.56. The molecular formula is C37H45N3O5S. The van der Waals surface area contributed by atoms with Crippen LogP contribution in [0.2, 0.25) is 0 Å². The molecule has 0 radical (unpaired) electrons. The average Bonchev–Trinajstić information content (AvgIpc) is 3.29. The third kappa shape index (κ3) is 5.35. The number of para-hydroxylation sites is 1. The number of amides is 3. The van der Waals surface area contributed by atoms with Crippen molar-refractivity contribution in [2.24, 2.45) is 11.8 Å². The van der Waals surface area contributed by atoms with Gasteiger partial charge in [0.2, 0.25) is 11.8 Å². The number of anilines is 2. The number of benzene rings is 2. The summed E-state index contributed by atoms with van der Waals surface area (Å²) >= 11 is 1.62. The first-order valence-electron chi connectivity index (χ1n) is 16.6. The maximum absolute atomic E-state index is 14.9. The molecule has 9 heteroatoms. The molecule has 46 heavy (non-hydrogen) atoms. The van der Waals surface area contributed by atoms with Crippen LogP contribution in [0.3, 0.4) is 0 Å². The highest BCUT2D eigenvalue weighted by Gasteiger charge is 2.74. The first kappa shape index (κ1) is 32.4. The highest BCUT2D eigenvalue weighted by Crippen LogP contribution is 2.65. The van der Waals surface area contributed by atoms with Crippen molar-refractivity contribution in [1.82, 2.24) is 4.90 Å². The third-order valence-corrected chi connectivity index (χ3v) is 11.8. The van der Waals surface area contributed by atoms with Gasteiger partial charge in [-0.3, -0.25) is 14.4 Å². The van der Waals surface area contributed by atoms with Crippen LogP contribution in [0.4, 0.5) is 11.4 Å². The van der Waals surface area contributed by atoms with Crippen molar-refractivity contribution >= 4 is 40.9 Å². The minimum atomic E-state index is -0.897. The lowest BCUT2D eigenvalue weighted by Crippen LogP contribution is -2.53. The van der Waals surface area contributed by atoms with E-state index >= 15 is 0 Å². The maximum Gasteiger partial charge on any atom is 0.251 e. The lowest BCUT2D eigenvalue weighted by molar-refractivity contribution is -0.139. The van der Waals surface area contributed by atoms with E-state index in [1.807, 2.05) is 80.3 Å². The Morgan fingerprint density at radius 1 is 0.848 bits per heavy atom. The monoisotopic (exact) mass is 643 g/mol. The zero-order valence-corrected chi connectivity index (χ0v) is 28.1. The van der Waals surface area contributed by atoms with Gasteiger partial charge in [-0.2, -0.15) is 0 Å². The van der Waals surface area contributed by atoms with Gasteiger partial charge in [-0.1, -0.05) is 55.3 Å². The standard InChI is InChI=1S/C37H45N3O5S/c1-5-45-28-17-15-27(16-18-28)38-22-11-19-36(4)29(33(38)42)30-34(43)40(21-8-6-7-9-24-41)32-35(44)39(23-12-20-37(30,32)46-36)31-25(2)13-10-14-26(31)3/h10-20,29-30,32,41H,5-9,21-24H2,1-4H3/t29-,30-,32?,36+,37-/m0/s1. The number of aliphatic hydroxyl groups excluding tert-OH is 1. The molecule has 1 N–H and O–H groups in total. The van der Waals surface area contributed by atoms with Gasteiger partial charge in [0, 0.05) is 42.4 Å². The molecule has 1 unspecified atom stereocenters.